The van der Waals surface area contributed by atoms with E-state index in [1.165, 1.54) is 0 Å². The molecule has 1 unspecified atom stereocenters. The number of aliphatic hydroxyl groups is 1. The Kier molecular flexibility index (Phi) is 7.25. The summed E-state index contributed by atoms with van der Waals surface area (Å²) in [4.78, 5) is 35.3. The van der Waals surface area contributed by atoms with Crippen LogP contribution in [0.2, 0.25) is 0 Å². The number of amides is 2. The molecule has 0 aromatic heterocycles. The predicted octanol–water partition coefficient (Wildman–Crippen LogP) is 2.26. The monoisotopic (exact) mass is 426 g/mol. The summed E-state index contributed by atoms with van der Waals surface area (Å²) in [7, 11) is 0. The molecule has 8 nitrogen and oxygen atoms in total. The van der Waals surface area contributed by atoms with Crippen LogP contribution >= 0.6 is 0 Å². The summed E-state index contributed by atoms with van der Waals surface area (Å²) in [5.41, 5.74) is 4.47. The topological polar surface area (TPSA) is 125 Å². The Morgan fingerprint density at radius 3 is 2.10 bits per heavy atom. The summed E-state index contributed by atoms with van der Waals surface area (Å²) < 4.78 is 5.48. The van der Waals surface area contributed by atoms with Crippen molar-refractivity contribution in [3.05, 3.63) is 59.7 Å². The number of hydrogen-bond acceptors (Lipinski definition) is 5. The molecule has 31 heavy (non-hydrogen) atoms. The number of rotatable bonds is 9. The third-order valence-corrected chi connectivity index (χ3v) is 5.41. The lowest BCUT2D eigenvalue weighted by atomic mass is 9.98. The highest BCUT2D eigenvalue weighted by atomic mass is 16.5. The summed E-state index contributed by atoms with van der Waals surface area (Å²) in [6.45, 7) is 1.24. The van der Waals surface area contributed by atoms with E-state index in [-0.39, 0.29) is 18.9 Å². The molecule has 4 N–H and O–H groups in total. The molecule has 8 heteroatoms. The van der Waals surface area contributed by atoms with Crippen LogP contribution in [0, 0.1) is 0 Å². The van der Waals surface area contributed by atoms with E-state index in [4.69, 9.17) is 14.9 Å². The summed E-state index contributed by atoms with van der Waals surface area (Å²) in [5.74, 6) is -1.97. The molecule has 0 spiro atoms. The van der Waals surface area contributed by atoms with Gasteiger partial charge in [0.2, 0.25) is 5.91 Å². The molecule has 164 valence electrons. The van der Waals surface area contributed by atoms with Crippen molar-refractivity contribution < 1.29 is 29.3 Å². The number of carboxylic acids is 1. The van der Waals surface area contributed by atoms with Crippen LogP contribution in [0.5, 0.6) is 0 Å². The van der Waals surface area contributed by atoms with E-state index in [9.17, 15) is 14.4 Å². The first-order chi connectivity index (χ1) is 14.9. The minimum Gasteiger partial charge on any atom is -0.480 e. The zero-order valence-electron chi connectivity index (χ0n) is 17.2. The van der Waals surface area contributed by atoms with E-state index in [1.807, 2.05) is 36.4 Å². The van der Waals surface area contributed by atoms with Gasteiger partial charge in [0.05, 0.1) is 6.61 Å². The molecule has 2 aromatic carbocycles. The first-order valence-electron chi connectivity index (χ1n) is 10.2. The van der Waals surface area contributed by atoms with Crippen LogP contribution in [0.15, 0.2) is 48.5 Å². The van der Waals surface area contributed by atoms with Gasteiger partial charge in [-0.25, -0.2) is 9.59 Å². The van der Waals surface area contributed by atoms with Gasteiger partial charge in [0, 0.05) is 18.4 Å². The molecule has 0 aliphatic heterocycles. The number of alkyl carbamates (subject to hydrolysis) is 1. The SMILES string of the molecule is CCC(CC(=O)N[C@@H](CO)C(=O)O)NC(=O)OCC1c2ccccc2-c2ccccc21. The van der Waals surface area contributed by atoms with Gasteiger partial charge in [0.15, 0.2) is 0 Å². The van der Waals surface area contributed by atoms with E-state index in [0.29, 0.717) is 6.42 Å². The molecule has 0 saturated carbocycles. The Morgan fingerprint density at radius 1 is 1.00 bits per heavy atom. The molecule has 3 rings (SSSR count). The van der Waals surface area contributed by atoms with Crippen LogP contribution in [0.3, 0.4) is 0 Å². The van der Waals surface area contributed by atoms with Gasteiger partial charge in [-0.1, -0.05) is 55.5 Å². The highest BCUT2D eigenvalue weighted by Crippen LogP contribution is 2.44. The van der Waals surface area contributed by atoms with E-state index in [0.717, 1.165) is 22.3 Å². The van der Waals surface area contributed by atoms with Crippen molar-refractivity contribution in [2.75, 3.05) is 13.2 Å². The van der Waals surface area contributed by atoms with Crippen molar-refractivity contribution in [1.82, 2.24) is 10.6 Å². The minimum absolute atomic E-state index is 0.0672. The van der Waals surface area contributed by atoms with Crippen molar-refractivity contribution in [3.63, 3.8) is 0 Å². The summed E-state index contributed by atoms with van der Waals surface area (Å²) >= 11 is 0. The van der Waals surface area contributed by atoms with E-state index < -0.39 is 36.7 Å². The Balaban J connectivity index is 1.57. The number of carbonyl (C=O) groups is 3. The molecule has 2 atom stereocenters. The lowest BCUT2D eigenvalue weighted by molar-refractivity contribution is -0.143. The van der Waals surface area contributed by atoms with Gasteiger partial charge < -0.3 is 25.6 Å². The number of ether oxygens (including phenoxy) is 1. The van der Waals surface area contributed by atoms with Crippen LogP contribution in [0.25, 0.3) is 11.1 Å². The van der Waals surface area contributed by atoms with Crippen LogP contribution in [-0.4, -0.2) is 53.5 Å². The number of carbonyl (C=O) groups excluding carboxylic acids is 2. The average Bonchev–Trinajstić information content (AvgIpc) is 3.09. The molecule has 2 aromatic rings. The Morgan fingerprint density at radius 2 is 1.58 bits per heavy atom. The highest BCUT2D eigenvalue weighted by Gasteiger charge is 2.29. The van der Waals surface area contributed by atoms with Crippen LogP contribution in [-0.2, 0) is 14.3 Å². The normalized spacial score (nSPS) is 14.1. The van der Waals surface area contributed by atoms with Gasteiger partial charge in [-0.15, -0.1) is 0 Å². The van der Waals surface area contributed by atoms with Gasteiger partial charge in [-0.2, -0.15) is 0 Å². The molecule has 2 amide bonds. The lowest BCUT2D eigenvalue weighted by Gasteiger charge is -2.19. The third kappa shape index (κ3) is 5.21. The summed E-state index contributed by atoms with van der Waals surface area (Å²) in [6, 6.07) is 14.1. The number of aliphatic hydroxyl groups excluding tert-OH is 1. The largest absolute Gasteiger partial charge is 0.480 e. The van der Waals surface area contributed by atoms with E-state index >= 15 is 0 Å². The van der Waals surface area contributed by atoms with Gasteiger partial charge in [-0.05, 0) is 28.7 Å². The predicted molar refractivity (Wildman–Crippen MR) is 114 cm³/mol. The average molecular weight is 426 g/mol. The van der Waals surface area contributed by atoms with E-state index in [1.54, 1.807) is 6.92 Å². The van der Waals surface area contributed by atoms with Crippen molar-refractivity contribution >= 4 is 18.0 Å². The summed E-state index contributed by atoms with van der Waals surface area (Å²) in [5, 5.41) is 22.8. The fourth-order valence-corrected chi connectivity index (χ4v) is 3.77. The van der Waals surface area contributed by atoms with Crippen molar-refractivity contribution in [2.24, 2.45) is 0 Å². The molecule has 1 aliphatic carbocycles. The Labute approximate surface area is 180 Å². The molecule has 1 aliphatic rings. The first kappa shape index (κ1) is 22.3. The lowest BCUT2D eigenvalue weighted by Crippen LogP contribution is -2.46. The van der Waals surface area contributed by atoms with Crippen molar-refractivity contribution in [1.29, 1.82) is 0 Å². The number of carboxylic acid groups (broad SMARTS) is 1. The Hall–Kier alpha value is -3.39. The number of hydrogen-bond donors (Lipinski definition) is 4. The second-order valence-electron chi connectivity index (χ2n) is 7.42. The minimum atomic E-state index is -1.38. The van der Waals surface area contributed by atoms with Crippen LogP contribution < -0.4 is 10.6 Å². The maximum Gasteiger partial charge on any atom is 0.407 e. The number of benzene rings is 2. The second-order valence-corrected chi connectivity index (χ2v) is 7.42. The van der Waals surface area contributed by atoms with Crippen LogP contribution in [0.1, 0.15) is 36.8 Å². The Bertz CT molecular complexity index is 915. The van der Waals surface area contributed by atoms with Crippen molar-refractivity contribution in [3.8, 4) is 11.1 Å². The molecule has 0 radical (unpaired) electrons. The van der Waals surface area contributed by atoms with Crippen molar-refractivity contribution in [2.45, 2.75) is 37.8 Å². The quantitative estimate of drug-likeness (QED) is 0.487. The molecule has 0 bridgehead atoms. The number of fused-ring (bicyclic) bond motifs is 3. The van der Waals surface area contributed by atoms with E-state index in [2.05, 4.69) is 22.8 Å². The van der Waals surface area contributed by atoms with Crippen LogP contribution in [0.4, 0.5) is 4.79 Å². The molecule has 0 heterocycles. The van der Waals surface area contributed by atoms with Gasteiger partial charge in [0.25, 0.3) is 0 Å². The van der Waals surface area contributed by atoms with Gasteiger partial charge in [0.1, 0.15) is 12.6 Å². The zero-order chi connectivity index (χ0) is 22.4. The number of aliphatic carboxylic acids is 1. The second kappa shape index (κ2) is 10.1. The zero-order valence-corrected chi connectivity index (χ0v) is 17.2. The number of nitrogens with one attached hydrogen (secondary N) is 2. The maximum atomic E-state index is 12.4. The molecule has 0 fully saturated rings. The third-order valence-electron chi connectivity index (χ3n) is 5.41. The fraction of sp³-hybridized carbons (Fsp3) is 0.348. The summed E-state index contributed by atoms with van der Waals surface area (Å²) in [6.07, 6.45) is -0.308. The van der Waals surface area contributed by atoms with Gasteiger partial charge in [-0.3, -0.25) is 4.79 Å². The van der Waals surface area contributed by atoms with Gasteiger partial charge >= 0.3 is 12.1 Å². The highest BCUT2D eigenvalue weighted by molar-refractivity contribution is 5.84. The maximum absolute atomic E-state index is 12.4. The fourth-order valence-electron chi connectivity index (χ4n) is 3.77. The first-order valence-corrected chi connectivity index (χ1v) is 10.2. The standard InChI is InChI=1S/C23H26N2O6/c1-2-14(11-21(27)25-20(12-26)22(28)29)24-23(30)31-13-19-17-9-5-3-7-15(17)16-8-4-6-10-18(16)19/h3-10,14,19-20,26H,2,11-13H2,1H3,(H,24,30)(H,25,27)(H,28,29)/t14?,20-/m0/s1. The smallest absolute Gasteiger partial charge is 0.407 e. The molecule has 0 saturated heterocycles. The molecular formula is C23H26N2O6. The molecular weight excluding hydrogens is 400 g/mol.